The molecule has 1 aromatic rings. The minimum Gasteiger partial charge on any atom is -0.356 e. The molecule has 1 saturated heterocycles. The van der Waals surface area contributed by atoms with Gasteiger partial charge in [0.05, 0.1) is 12.1 Å². The van der Waals surface area contributed by atoms with Crippen molar-refractivity contribution < 1.29 is 22.7 Å². The van der Waals surface area contributed by atoms with Crippen LogP contribution in [-0.2, 0) is 11.8 Å². The fraction of sp³-hybridized carbons (Fsp3) is 0.692. The Hall–Kier alpha value is -1.57. The number of morpholine rings is 1. The van der Waals surface area contributed by atoms with Crippen molar-refractivity contribution in [2.45, 2.75) is 38.1 Å². The Morgan fingerprint density at radius 2 is 1.95 bits per heavy atom. The molecule has 1 amide bonds. The zero-order valence-corrected chi connectivity index (χ0v) is 12.4. The highest BCUT2D eigenvalue weighted by atomic mass is 19.4. The van der Waals surface area contributed by atoms with E-state index >= 15 is 0 Å². The van der Waals surface area contributed by atoms with Gasteiger partial charge in [-0.05, 0) is 26.8 Å². The van der Waals surface area contributed by atoms with E-state index in [1.165, 1.54) is 21.8 Å². The number of carbonyl (C=O) groups is 1. The summed E-state index contributed by atoms with van der Waals surface area (Å²) in [6.07, 6.45) is -3.13. The minimum absolute atomic E-state index is 0.0860. The Labute approximate surface area is 120 Å². The molecule has 1 aromatic heterocycles. The highest BCUT2D eigenvalue weighted by Gasteiger charge is 2.58. The number of alkyl halides is 3. The second-order valence-corrected chi connectivity index (χ2v) is 6.09. The largest absolute Gasteiger partial charge is 0.418 e. The summed E-state index contributed by atoms with van der Waals surface area (Å²) in [4.78, 5) is 13.6. The molecular formula is C13H18F3N3O2. The van der Waals surface area contributed by atoms with E-state index < -0.39 is 29.8 Å². The van der Waals surface area contributed by atoms with Crippen LogP contribution in [0.15, 0.2) is 12.3 Å². The molecule has 5 nitrogen and oxygen atoms in total. The first kappa shape index (κ1) is 15.8. The third-order valence-corrected chi connectivity index (χ3v) is 3.49. The van der Waals surface area contributed by atoms with E-state index in [4.69, 9.17) is 4.74 Å². The zero-order valence-electron chi connectivity index (χ0n) is 12.4. The fourth-order valence-corrected chi connectivity index (χ4v) is 2.59. The second kappa shape index (κ2) is 4.72. The monoisotopic (exact) mass is 305 g/mol. The lowest BCUT2D eigenvalue weighted by Crippen LogP contribution is -2.65. The Morgan fingerprint density at radius 3 is 2.43 bits per heavy atom. The first-order valence-corrected chi connectivity index (χ1v) is 6.49. The maximum atomic E-state index is 13.2. The van der Waals surface area contributed by atoms with Gasteiger partial charge in [-0.1, -0.05) is 0 Å². The number of ether oxygens (including phenoxy) is 1. The minimum atomic E-state index is -4.56. The lowest BCUT2D eigenvalue weighted by molar-refractivity contribution is -0.318. The van der Waals surface area contributed by atoms with Crippen LogP contribution in [0.4, 0.5) is 13.2 Å². The molecule has 1 unspecified atom stereocenters. The van der Waals surface area contributed by atoms with Gasteiger partial charge in [-0.25, -0.2) is 0 Å². The Balaban J connectivity index is 2.33. The van der Waals surface area contributed by atoms with Gasteiger partial charge in [-0.3, -0.25) is 9.48 Å². The highest BCUT2D eigenvalue weighted by Crippen LogP contribution is 2.40. The predicted molar refractivity (Wildman–Crippen MR) is 68.7 cm³/mol. The molecule has 118 valence electrons. The van der Waals surface area contributed by atoms with E-state index in [9.17, 15) is 18.0 Å². The topological polar surface area (TPSA) is 47.4 Å². The van der Waals surface area contributed by atoms with Crippen molar-refractivity contribution in [3.63, 3.8) is 0 Å². The molecular weight excluding hydrogens is 287 g/mol. The maximum Gasteiger partial charge on any atom is 0.418 e. The van der Waals surface area contributed by atoms with E-state index in [1.54, 1.807) is 20.9 Å². The summed E-state index contributed by atoms with van der Waals surface area (Å²) >= 11 is 0. The zero-order chi connectivity index (χ0) is 16.1. The number of rotatable bonds is 1. The van der Waals surface area contributed by atoms with Crippen molar-refractivity contribution in [3.05, 3.63) is 18.0 Å². The van der Waals surface area contributed by atoms with Crippen molar-refractivity contribution >= 4 is 5.91 Å². The molecule has 0 N–H and O–H groups in total. The van der Waals surface area contributed by atoms with Crippen LogP contribution in [0.25, 0.3) is 0 Å². The third-order valence-electron chi connectivity index (χ3n) is 3.49. The molecule has 0 spiro atoms. The molecule has 21 heavy (non-hydrogen) atoms. The van der Waals surface area contributed by atoms with Crippen LogP contribution in [0.3, 0.4) is 0 Å². The molecule has 0 radical (unpaired) electrons. The van der Waals surface area contributed by atoms with E-state index in [0.29, 0.717) is 0 Å². The Kier molecular flexibility index (Phi) is 3.56. The van der Waals surface area contributed by atoms with E-state index in [0.717, 1.165) is 6.92 Å². The molecule has 2 heterocycles. The summed E-state index contributed by atoms with van der Waals surface area (Å²) in [5.74, 6) is -0.484. The standard InChI is InChI=1S/C13H18F3N3O2/c1-11(2)7-19(8-12(3,21-11)13(14,15)16)10(20)9-5-6-17-18(9)4/h5-6H,7-8H2,1-4H3. The average molecular weight is 305 g/mol. The number of hydrogen-bond donors (Lipinski definition) is 0. The predicted octanol–water partition coefficient (Wildman–Crippen LogP) is 1.99. The van der Waals surface area contributed by atoms with Crippen molar-refractivity contribution in [1.82, 2.24) is 14.7 Å². The summed E-state index contributed by atoms with van der Waals surface area (Å²) in [6.45, 7) is 3.60. The Morgan fingerprint density at radius 1 is 1.33 bits per heavy atom. The molecule has 1 fully saturated rings. The number of carbonyl (C=O) groups excluding carboxylic acids is 1. The highest BCUT2D eigenvalue weighted by molar-refractivity contribution is 5.92. The smallest absolute Gasteiger partial charge is 0.356 e. The number of nitrogens with zero attached hydrogens (tertiary/aromatic N) is 3. The van der Waals surface area contributed by atoms with Gasteiger partial charge in [0.25, 0.3) is 5.91 Å². The normalized spacial score (nSPS) is 26.0. The van der Waals surface area contributed by atoms with Crippen LogP contribution < -0.4 is 0 Å². The van der Waals surface area contributed by atoms with Gasteiger partial charge >= 0.3 is 6.18 Å². The van der Waals surface area contributed by atoms with E-state index in [2.05, 4.69) is 5.10 Å². The maximum absolute atomic E-state index is 13.2. The molecule has 0 aromatic carbocycles. The number of hydrogen-bond acceptors (Lipinski definition) is 3. The molecule has 0 bridgehead atoms. The van der Waals surface area contributed by atoms with Gasteiger partial charge in [0.1, 0.15) is 5.69 Å². The van der Waals surface area contributed by atoms with Gasteiger partial charge in [0.2, 0.25) is 0 Å². The summed E-state index contributed by atoms with van der Waals surface area (Å²) in [5, 5.41) is 3.87. The van der Waals surface area contributed by atoms with E-state index in [-0.39, 0.29) is 12.2 Å². The van der Waals surface area contributed by atoms with Crippen molar-refractivity contribution in [2.75, 3.05) is 13.1 Å². The van der Waals surface area contributed by atoms with Gasteiger partial charge in [-0.15, -0.1) is 0 Å². The number of aryl methyl sites for hydroxylation is 1. The number of halogens is 3. The molecule has 0 aliphatic carbocycles. The first-order valence-electron chi connectivity index (χ1n) is 6.49. The summed E-state index contributed by atoms with van der Waals surface area (Å²) in [6, 6.07) is 1.48. The van der Waals surface area contributed by atoms with Gasteiger partial charge < -0.3 is 9.64 Å². The molecule has 2 rings (SSSR count). The van der Waals surface area contributed by atoms with Crippen LogP contribution in [0, 0.1) is 0 Å². The quantitative estimate of drug-likeness (QED) is 0.797. The van der Waals surface area contributed by atoms with Crippen LogP contribution in [0.5, 0.6) is 0 Å². The van der Waals surface area contributed by atoms with Crippen molar-refractivity contribution in [1.29, 1.82) is 0 Å². The average Bonchev–Trinajstić information content (AvgIpc) is 2.70. The molecule has 8 heteroatoms. The van der Waals surface area contributed by atoms with Crippen LogP contribution in [0.2, 0.25) is 0 Å². The van der Waals surface area contributed by atoms with Crippen LogP contribution in [0.1, 0.15) is 31.3 Å². The second-order valence-electron chi connectivity index (χ2n) is 6.09. The first-order chi connectivity index (χ1) is 9.45. The van der Waals surface area contributed by atoms with Crippen molar-refractivity contribution in [2.24, 2.45) is 7.05 Å². The fourth-order valence-electron chi connectivity index (χ4n) is 2.59. The molecule has 1 aliphatic heterocycles. The molecule has 0 saturated carbocycles. The third kappa shape index (κ3) is 2.90. The summed E-state index contributed by atoms with van der Waals surface area (Å²) in [5.41, 5.74) is -3.23. The number of amides is 1. The van der Waals surface area contributed by atoms with Crippen molar-refractivity contribution in [3.8, 4) is 0 Å². The van der Waals surface area contributed by atoms with Gasteiger partial charge in [-0.2, -0.15) is 18.3 Å². The van der Waals surface area contributed by atoms with E-state index in [1.807, 2.05) is 0 Å². The number of aromatic nitrogens is 2. The lowest BCUT2D eigenvalue weighted by atomic mass is 9.96. The Bertz CT molecular complexity index is 553. The van der Waals surface area contributed by atoms with Gasteiger partial charge in [0.15, 0.2) is 5.60 Å². The van der Waals surface area contributed by atoms with Crippen LogP contribution in [-0.4, -0.2) is 51.1 Å². The summed E-state index contributed by atoms with van der Waals surface area (Å²) in [7, 11) is 1.57. The molecule has 1 aliphatic rings. The SMILES string of the molecule is Cn1nccc1C(=O)N1CC(C)(C)OC(C)(C(F)(F)F)C1. The van der Waals surface area contributed by atoms with Gasteiger partial charge in [0, 0.05) is 19.8 Å². The summed E-state index contributed by atoms with van der Waals surface area (Å²) < 4.78 is 46.3. The lowest BCUT2D eigenvalue weighted by Gasteiger charge is -2.48. The van der Waals surface area contributed by atoms with Crippen LogP contribution >= 0.6 is 0 Å². The molecule has 1 atom stereocenters.